The Bertz CT molecular complexity index is 712. The summed E-state index contributed by atoms with van der Waals surface area (Å²) in [6, 6.07) is 3.77. The standard InChI is InChI=1S/C16H20ClN3O2/c1-6-16(9-21,22-5)12-8-13-11(7-14(12)20(3)4)15(17)19-10(2)18-13/h7-9H,6H2,1-5H3. The molecule has 118 valence electrons. The number of halogens is 1. The molecule has 0 saturated heterocycles. The van der Waals surface area contributed by atoms with E-state index in [2.05, 4.69) is 9.97 Å². The van der Waals surface area contributed by atoms with Crippen LogP contribution in [0.5, 0.6) is 0 Å². The normalized spacial score (nSPS) is 13.9. The zero-order chi connectivity index (χ0) is 16.5. The molecule has 0 amide bonds. The molecule has 2 rings (SSSR count). The van der Waals surface area contributed by atoms with E-state index in [1.165, 1.54) is 0 Å². The summed E-state index contributed by atoms with van der Waals surface area (Å²) in [6.45, 7) is 3.70. The second kappa shape index (κ2) is 6.18. The van der Waals surface area contributed by atoms with Crippen molar-refractivity contribution in [3.05, 3.63) is 28.7 Å². The third kappa shape index (κ3) is 2.66. The number of carbonyl (C=O) groups is 1. The first-order chi connectivity index (χ1) is 10.4. The van der Waals surface area contributed by atoms with Crippen LogP contribution in [0.4, 0.5) is 5.69 Å². The van der Waals surface area contributed by atoms with E-state index >= 15 is 0 Å². The molecule has 0 aliphatic carbocycles. The lowest BCUT2D eigenvalue weighted by Gasteiger charge is -2.30. The molecule has 0 aliphatic rings. The van der Waals surface area contributed by atoms with Crippen molar-refractivity contribution in [3.8, 4) is 0 Å². The van der Waals surface area contributed by atoms with Gasteiger partial charge in [-0.1, -0.05) is 18.5 Å². The Morgan fingerprint density at radius 1 is 1.36 bits per heavy atom. The first kappa shape index (κ1) is 16.6. The van der Waals surface area contributed by atoms with E-state index in [1.807, 2.05) is 38.1 Å². The lowest BCUT2D eigenvalue weighted by Crippen LogP contribution is -2.31. The summed E-state index contributed by atoms with van der Waals surface area (Å²) in [7, 11) is 5.36. The van der Waals surface area contributed by atoms with Crippen molar-refractivity contribution >= 4 is 34.5 Å². The van der Waals surface area contributed by atoms with Gasteiger partial charge in [-0.2, -0.15) is 0 Å². The molecule has 0 spiro atoms. The molecule has 0 bridgehead atoms. The number of ether oxygens (including phenoxy) is 1. The van der Waals surface area contributed by atoms with Crippen molar-refractivity contribution in [1.82, 2.24) is 9.97 Å². The fraction of sp³-hybridized carbons (Fsp3) is 0.438. The maximum absolute atomic E-state index is 11.7. The quantitative estimate of drug-likeness (QED) is 0.625. The fourth-order valence-electron chi connectivity index (χ4n) is 2.58. The zero-order valence-corrected chi connectivity index (χ0v) is 14.2. The Morgan fingerprint density at radius 3 is 2.55 bits per heavy atom. The fourth-order valence-corrected chi connectivity index (χ4v) is 2.86. The number of methoxy groups -OCH3 is 1. The summed E-state index contributed by atoms with van der Waals surface area (Å²) >= 11 is 6.24. The molecule has 0 fully saturated rings. The van der Waals surface area contributed by atoms with Crippen LogP contribution in [-0.4, -0.2) is 37.5 Å². The number of hydrogen-bond acceptors (Lipinski definition) is 5. The maximum Gasteiger partial charge on any atom is 0.156 e. The molecule has 1 unspecified atom stereocenters. The number of rotatable bonds is 5. The van der Waals surface area contributed by atoms with E-state index < -0.39 is 5.60 Å². The maximum atomic E-state index is 11.7. The van der Waals surface area contributed by atoms with Crippen molar-refractivity contribution < 1.29 is 9.53 Å². The van der Waals surface area contributed by atoms with Gasteiger partial charge in [0.2, 0.25) is 0 Å². The minimum Gasteiger partial charge on any atom is -0.377 e. The van der Waals surface area contributed by atoms with Crippen LogP contribution >= 0.6 is 11.6 Å². The summed E-state index contributed by atoms with van der Waals surface area (Å²) in [5.41, 5.74) is 1.34. The van der Waals surface area contributed by atoms with Gasteiger partial charge in [-0.15, -0.1) is 0 Å². The Hall–Kier alpha value is -1.72. The number of nitrogens with zero attached hydrogens (tertiary/aromatic N) is 3. The largest absolute Gasteiger partial charge is 0.377 e. The highest BCUT2D eigenvalue weighted by Gasteiger charge is 2.33. The molecule has 5 nitrogen and oxygen atoms in total. The van der Waals surface area contributed by atoms with Crippen LogP contribution in [0.1, 0.15) is 24.7 Å². The van der Waals surface area contributed by atoms with Crippen molar-refractivity contribution in [2.45, 2.75) is 25.9 Å². The molecule has 1 aromatic heterocycles. The van der Waals surface area contributed by atoms with Crippen molar-refractivity contribution in [1.29, 1.82) is 0 Å². The minimum absolute atomic E-state index is 0.405. The van der Waals surface area contributed by atoms with E-state index in [1.54, 1.807) is 14.0 Å². The van der Waals surface area contributed by atoms with Crippen LogP contribution < -0.4 is 4.90 Å². The Labute approximate surface area is 135 Å². The second-order valence-electron chi connectivity index (χ2n) is 5.41. The average Bonchev–Trinajstić information content (AvgIpc) is 2.48. The van der Waals surface area contributed by atoms with Crippen molar-refractivity contribution in [2.75, 3.05) is 26.1 Å². The summed E-state index contributed by atoms with van der Waals surface area (Å²) in [5.74, 6) is 0.590. The minimum atomic E-state index is -1.00. The van der Waals surface area contributed by atoms with Gasteiger partial charge >= 0.3 is 0 Å². The van der Waals surface area contributed by atoms with Gasteiger partial charge in [0.15, 0.2) is 6.29 Å². The average molecular weight is 322 g/mol. The van der Waals surface area contributed by atoms with Gasteiger partial charge in [0, 0.05) is 37.8 Å². The van der Waals surface area contributed by atoms with Gasteiger partial charge in [0.25, 0.3) is 0 Å². The summed E-state index contributed by atoms with van der Waals surface area (Å²) in [6.07, 6.45) is 1.37. The lowest BCUT2D eigenvalue weighted by atomic mass is 9.89. The smallest absolute Gasteiger partial charge is 0.156 e. The summed E-state index contributed by atoms with van der Waals surface area (Å²) in [5, 5.41) is 1.16. The number of hydrogen-bond donors (Lipinski definition) is 0. The monoisotopic (exact) mass is 321 g/mol. The van der Waals surface area contributed by atoms with Gasteiger partial charge in [-0.25, -0.2) is 9.97 Å². The predicted molar refractivity (Wildman–Crippen MR) is 88.7 cm³/mol. The highest BCUT2D eigenvalue weighted by molar-refractivity contribution is 6.34. The van der Waals surface area contributed by atoms with Gasteiger partial charge in [0.1, 0.15) is 16.6 Å². The molecule has 1 atom stereocenters. The van der Waals surface area contributed by atoms with Crippen LogP contribution in [0.2, 0.25) is 5.15 Å². The topological polar surface area (TPSA) is 55.3 Å². The summed E-state index contributed by atoms with van der Waals surface area (Å²) in [4.78, 5) is 22.3. The Morgan fingerprint density at radius 2 is 2.05 bits per heavy atom. The second-order valence-corrected chi connectivity index (χ2v) is 5.77. The van der Waals surface area contributed by atoms with Gasteiger partial charge in [-0.05, 0) is 25.5 Å². The zero-order valence-electron chi connectivity index (χ0n) is 13.5. The van der Waals surface area contributed by atoms with E-state index in [0.29, 0.717) is 22.9 Å². The molecule has 2 aromatic rings. The van der Waals surface area contributed by atoms with E-state index in [0.717, 1.165) is 22.9 Å². The number of anilines is 1. The molecule has 0 aliphatic heterocycles. The van der Waals surface area contributed by atoms with Crippen LogP contribution in [0, 0.1) is 6.92 Å². The molecule has 6 heteroatoms. The molecule has 22 heavy (non-hydrogen) atoms. The molecular weight excluding hydrogens is 302 g/mol. The van der Waals surface area contributed by atoms with Crippen LogP contribution in [0.15, 0.2) is 12.1 Å². The summed E-state index contributed by atoms with van der Waals surface area (Å²) < 4.78 is 5.55. The Balaban J connectivity index is 2.87. The van der Waals surface area contributed by atoms with E-state index in [-0.39, 0.29) is 0 Å². The molecule has 1 aromatic carbocycles. The van der Waals surface area contributed by atoms with Crippen LogP contribution in [-0.2, 0) is 15.1 Å². The predicted octanol–water partition coefficient (Wildman–Crippen LogP) is 3.11. The van der Waals surface area contributed by atoms with Crippen molar-refractivity contribution in [3.63, 3.8) is 0 Å². The first-order valence-corrected chi connectivity index (χ1v) is 7.43. The first-order valence-electron chi connectivity index (χ1n) is 7.05. The number of aromatic nitrogens is 2. The van der Waals surface area contributed by atoms with Gasteiger partial charge in [0.05, 0.1) is 5.52 Å². The lowest BCUT2D eigenvalue weighted by molar-refractivity contribution is -0.129. The van der Waals surface area contributed by atoms with E-state index in [4.69, 9.17) is 16.3 Å². The van der Waals surface area contributed by atoms with E-state index in [9.17, 15) is 4.79 Å². The van der Waals surface area contributed by atoms with Crippen LogP contribution in [0.25, 0.3) is 10.9 Å². The Kier molecular flexibility index (Phi) is 4.68. The molecule has 0 N–H and O–H groups in total. The third-order valence-corrected chi connectivity index (χ3v) is 4.18. The molecule has 0 saturated carbocycles. The highest BCUT2D eigenvalue weighted by Crippen LogP contribution is 2.37. The van der Waals surface area contributed by atoms with Crippen LogP contribution in [0.3, 0.4) is 0 Å². The number of benzene rings is 1. The SMILES string of the molecule is CCC(C=O)(OC)c1cc2nc(C)nc(Cl)c2cc1N(C)C. The van der Waals surface area contributed by atoms with Gasteiger partial charge in [-0.3, -0.25) is 4.79 Å². The van der Waals surface area contributed by atoms with Crippen molar-refractivity contribution in [2.24, 2.45) is 0 Å². The molecular formula is C16H20ClN3O2. The third-order valence-electron chi connectivity index (χ3n) is 3.90. The molecule has 0 radical (unpaired) electrons. The number of carbonyl (C=O) groups excluding carboxylic acids is 1. The number of aryl methyl sites for hydroxylation is 1. The molecule has 1 heterocycles. The van der Waals surface area contributed by atoms with Gasteiger partial charge < -0.3 is 9.64 Å². The number of aldehydes is 1. The highest BCUT2D eigenvalue weighted by atomic mass is 35.5. The number of fused-ring (bicyclic) bond motifs is 1.